The van der Waals surface area contributed by atoms with E-state index in [0.717, 1.165) is 25.7 Å². The first-order valence-electron chi connectivity index (χ1n) is 6.63. The third-order valence-corrected chi connectivity index (χ3v) is 3.32. The molecule has 1 aromatic rings. The lowest BCUT2D eigenvalue weighted by Gasteiger charge is -2.33. The first-order valence-corrected chi connectivity index (χ1v) is 6.63. The summed E-state index contributed by atoms with van der Waals surface area (Å²) in [5.41, 5.74) is 0.0972. The molecule has 0 spiro atoms. The highest BCUT2D eigenvalue weighted by molar-refractivity contribution is 5.25. The van der Waals surface area contributed by atoms with E-state index in [-0.39, 0.29) is 6.10 Å². The monoisotopic (exact) mass is 288 g/mol. The van der Waals surface area contributed by atoms with E-state index in [1.165, 1.54) is 12.1 Å². The van der Waals surface area contributed by atoms with Crippen molar-refractivity contribution in [2.45, 2.75) is 18.8 Å². The summed E-state index contributed by atoms with van der Waals surface area (Å²) in [4.78, 5) is 2.13. The number of halogens is 3. The molecule has 1 heterocycles. The van der Waals surface area contributed by atoms with E-state index in [1.54, 1.807) is 6.07 Å². The molecule has 1 N–H and O–H groups in total. The summed E-state index contributed by atoms with van der Waals surface area (Å²) in [6.07, 6.45) is -4.19. The zero-order valence-corrected chi connectivity index (χ0v) is 11.4. The number of rotatable bonds is 4. The van der Waals surface area contributed by atoms with E-state index in [9.17, 15) is 13.2 Å². The molecule has 0 amide bonds. The van der Waals surface area contributed by atoms with Gasteiger partial charge in [0.05, 0.1) is 18.3 Å². The van der Waals surface area contributed by atoms with E-state index in [4.69, 9.17) is 4.74 Å². The number of alkyl halides is 3. The fourth-order valence-electron chi connectivity index (χ4n) is 2.38. The minimum Gasteiger partial charge on any atom is -0.374 e. The van der Waals surface area contributed by atoms with Crippen molar-refractivity contribution in [3.8, 4) is 0 Å². The Morgan fingerprint density at radius 2 is 2.20 bits per heavy atom. The van der Waals surface area contributed by atoms with Crippen molar-refractivity contribution >= 4 is 0 Å². The molecule has 2 rings (SSSR count). The zero-order valence-electron chi connectivity index (χ0n) is 11.4. The van der Waals surface area contributed by atoms with Gasteiger partial charge in [-0.05, 0) is 18.7 Å². The second kappa shape index (κ2) is 6.56. The molecular weight excluding hydrogens is 269 g/mol. The van der Waals surface area contributed by atoms with Crippen LogP contribution in [-0.4, -0.2) is 44.3 Å². The lowest BCUT2D eigenvalue weighted by molar-refractivity contribution is -0.137. The fourth-order valence-corrected chi connectivity index (χ4v) is 2.38. The van der Waals surface area contributed by atoms with E-state index in [1.807, 2.05) is 7.05 Å². The van der Waals surface area contributed by atoms with Crippen molar-refractivity contribution < 1.29 is 17.9 Å². The van der Waals surface area contributed by atoms with Gasteiger partial charge in [0.2, 0.25) is 0 Å². The molecule has 0 aliphatic carbocycles. The van der Waals surface area contributed by atoms with E-state index in [0.29, 0.717) is 18.7 Å². The van der Waals surface area contributed by atoms with Crippen LogP contribution in [0.25, 0.3) is 0 Å². The van der Waals surface area contributed by atoms with Crippen molar-refractivity contribution in [2.24, 2.45) is 0 Å². The zero-order chi connectivity index (χ0) is 14.6. The molecule has 1 fully saturated rings. The average Bonchev–Trinajstić information content (AvgIpc) is 2.39. The Kier molecular flexibility index (Phi) is 5.01. The lowest BCUT2D eigenvalue weighted by Crippen LogP contribution is -2.45. The normalized spacial score (nSPS) is 21.1. The molecule has 1 saturated heterocycles. The summed E-state index contributed by atoms with van der Waals surface area (Å²) >= 11 is 0. The van der Waals surface area contributed by atoms with Gasteiger partial charge in [0.25, 0.3) is 0 Å². The van der Waals surface area contributed by atoms with Crippen LogP contribution in [0.3, 0.4) is 0 Å². The Hall–Kier alpha value is -1.11. The number of hydrogen-bond donors (Lipinski definition) is 1. The van der Waals surface area contributed by atoms with Crippen molar-refractivity contribution in [3.63, 3.8) is 0 Å². The van der Waals surface area contributed by atoms with Gasteiger partial charge in [0.15, 0.2) is 0 Å². The quantitative estimate of drug-likeness (QED) is 0.918. The standard InChI is InChI=1S/C14H19F3N2O/c1-18-8-13-10-19(5-6-20-13)9-11-3-2-4-12(7-11)14(15,16)17/h2-4,7,13,18H,5-6,8-10H2,1H3. The van der Waals surface area contributed by atoms with Crippen LogP contribution in [-0.2, 0) is 17.5 Å². The largest absolute Gasteiger partial charge is 0.416 e. The highest BCUT2D eigenvalue weighted by Crippen LogP contribution is 2.29. The Morgan fingerprint density at radius 3 is 2.90 bits per heavy atom. The third-order valence-electron chi connectivity index (χ3n) is 3.32. The SMILES string of the molecule is CNCC1CN(Cc2cccc(C(F)(F)F)c2)CCO1. The van der Waals surface area contributed by atoms with E-state index >= 15 is 0 Å². The van der Waals surface area contributed by atoms with Crippen LogP contribution >= 0.6 is 0 Å². The Balaban J connectivity index is 1.99. The summed E-state index contributed by atoms with van der Waals surface area (Å²) in [6.45, 7) is 3.37. The highest BCUT2D eigenvalue weighted by Gasteiger charge is 2.30. The van der Waals surface area contributed by atoms with Gasteiger partial charge in [-0.1, -0.05) is 18.2 Å². The highest BCUT2D eigenvalue weighted by atomic mass is 19.4. The molecule has 1 unspecified atom stereocenters. The van der Waals surface area contributed by atoms with Gasteiger partial charge in [-0.2, -0.15) is 13.2 Å². The van der Waals surface area contributed by atoms with E-state index < -0.39 is 11.7 Å². The maximum atomic E-state index is 12.7. The number of nitrogens with zero attached hydrogens (tertiary/aromatic N) is 1. The minimum atomic E-state index is -4.28. The van der Waals surface area contributed by atoms with Gasteiger partial charge < -0.3 is 10.1 Å². The summed E-state index contributed by atoms with van der Waals surface area (Å²) in [5.74, 6) is 0. The van der Waals surface area contributed by atoms with Crippen LogP contribution in [0.4, 0.5) is 13.2 Å². The van der Waals surface area contributed by atoms with Gasteiger partial charge in [-0.15, -0.1) is 0 Å². The molecule has 1 aliphatic rings. The predicted molar refractivity (Wildman–Crippen MR) is 70.4 cm³/mol. The molecule has 0 saturated carbocycles. The van der Waals surface area contributed by atoms with Gasteiger partial charge in [0, 0.05) is 26.2 Å². The van der Waals surface area contributed by atoms with E-state index in [2.05, 4.69) is 10.2 Å². The summed E-state index contributed by atoms with van der Waals surface area (Å²) in [6, 6.07) is 5.52. The van der Waals surface area contributed by atoms with Crippen LogP contribution in [0.15, 0.2) is 24.3 Å². The van der Waals surface area contributed by atoms with Gasteiger partial charge in [-0.25, -0.2) is 0 Å². The molecule has 0 bridgehead atoms. The second-order valence-electron chi connectivity index (χ2n) is 4.98. The lowest BCUT2D eigenvalue weighted by atomic mass is 10.1. The fraction of sp³-hybridized carbons (Fsp3) is 0.571. The Labute approximate surface area is 116 Å². The van der Waals surface area contributed by atoms with Crippen molar-refractivity contribution in [1.29, 1.82) is 0 Å². The summed E-state index contributed by atoms with van der Waals surface area (Å²) in [5, 5.41) is 3.05. The maximum Gasteiger partial charge on any atom is 0.416 e. The van der Waals surface area contributed by atoms with Crippen molar-refractivity contribution in [1.82, 2.24) is 10.2 Å². The molecule has 1 aromatic carbocycles. The van der Waals surface area contributed by atoms with Crippen LogP contribution in [0.1, 0.15) is 11.1 Å². The van der Waals surface area contributed by atoms with Crippen molar-refractivity contribution in [2.75, 3.05) is 33.3 Å². The number of likely N-dealkylation sites (N-methyl/N-ethyl adjacent to an activating group) is 1. The Bertz CT molecular complexity index is 435. The van der Waals surface area contributed by atoms with Gasteiger partial charge >= 0.3 is 6.18 Å². The van der Waals surface area contributed by atoms with Crippen LogP contribution in [0, 0.1) is 0 Å². The number of hydrogen-bond acceptors (Lipinski definition) is 3. The molecule has 1 aliphatic heterocycles. The average molecular weight is 288 g/mol. The first kappa shape index (κ1) is 15.3. The molecule has 112 valence electrons. The molecule has 3 nitrogen and oxygen atoms in total. The number of benzene rings is 1. The number of ether oxygens (including phenoxy) is 1. The molecule has 0 radical (unpaired) electrons. The molecule has 6 heteroatoms. The number of nitrogens with one attached hydrogen (secondary N) is 1. The smallest absolute Gasteiger partial charge is 0.374 e. The second-order valence-corrected chi connectivity index (χ2v) is 4.98. The molecule has 1 atom stereocenters. The summed E-state index contributed by atoms with van der Waals surface area (Å²) in [7, 11) is 1.86. The van der Waals surface area contributed by atoms with Crippen LogP contribution < -0.4 is 5.32 Å². The number of morpholine rings is 1. The maximum absolute atomic E-state index is 12.7. The van der Waals surface area contributed by atoms with Gasteiger partial charge in [-0.3, -0.25) is 4.90 Å². The van der Waals surface area contributed by atoms with Gasteiger partial charge in [0.1, 0.15) is 0 Å². The predicted octanol–water partition coefficient (Wildman–Crippen LogP) is 2.13. The topological polar surface area (TPSA) is 24.5 Å². The first-order chi connectivity index (χ1) is 9.49. The van der Waals surface area contributed by atoms with Crippen LogP contribution in [0.5, 0.6) is 0 Å². The Morgan fingerprint density at radius 1 is 1.40 bits per heavy atom. The minimum absolute atomic E-state index is 0.0968. The molecule has 20 heavy (non-hydrogen) atoms. The third kappa shape index (κ3) is 4.19. The van der Waals surface area contributed by atoms with Crippen LogP contribution in [0.2, 0.25) is 0 Å². The molecule has 0 aromatic heterocycles. The van der Waals surface area contributed by atoms with Crippen molar-refractivity contribution in [3.05, 3.63) is 35.4 Å². The molecular formula is C14H19F3N2O. The summed E-state index contributed by atoms with van der Waals surface area (Å²) < 4.78 is 43.6.